The van der Waals surface area contributed by atoms with Gasteiger partial charge in [0.15, 0.2) is 5.96 Å². The minimum absolute atomic E-state index is 0.230. The fourth-order valence-corrected chi connectivity index (χ4v) is 3.71. The van der Waals surface area contributed by atoms with Crippen LogP contribution in [0.2, 0.25) is 0 Å². The molecule has 1 aromatic carbocycles. The maximum atomic E-state index is 5.92. The van der Waals surface area contributed by atoms with Crippen LogP contribution in [0.3, 0.4) is 0 Å². The zero-order chi connectivity index (χ0) is 20.0. The third-order valence-corrected chi connectivity index (χ3v) is 5.62. The highest BCUT2D eigenvalue weighted by Crippen LogP contribution is 2.48. The van der Waals surface area contributed by atoms with Gasteiger partial charge in [0.2, 0.25) is 0 Å². The molecule has 0 radical (unpaired) electrons. The normalized spacial score (nSPS) is 19.7. The van der Waals surface area contributed by atoms with Crippen LogP contribution in [-0.4, -0.2) is 45.5 Å². The molecule has 0 amide bonds. The first-order chi connectivity index (χ1) is 13.6. The van der Waals surface area contributed by atoms with Crippen LogP contribution in [0.4, 0.5) is 0 Å². The standard InChI is InChI=1S/C22H35N3O3/c1-5-26-10-9-22(7-8-22)15-25-21(23-4)24-14-18-13-20-17(11-16(3)28-20)12-19(18)27-6-2/h12-13,16H,5-11,14-15H2,1-4H3,(H2,23,24,25). The molecule has 156 valence electrons. The number of nitrogens with zero attached hydrogens (tertiary/aromatic N) is 1. The number of fused-ring (bicyclic) bond motifs is 1. The van der Waals surface area contributed by atoms with E-state index < -0.39 is 0 Å². The van der Waals surface area contributed by atoms with Crippen LogP contribution in [0.15, 0.2) is 17.1 Å². The van der Waals surface area contributed by atoms with Crippen molar-refractivity contribution in [1.82, 2.24) is 10.6 Å². The Morgan fingerprint density at radius 3 is 2.75 bits per heavy atom. The number of aliphatic imine (C=N–C) groups is 1. The van der Waals surface area contributed by atoms with Crippen molar-refractivity contribution in [1.29, 1.82) is 0 Å². The molecule has 1 aliphatic heterocycles. The molecule has 2 aliphatic rings. The lowest BCUT2D eigenvalue weighted by molar-refractivity contribution is 0.128. The second kappa shape index (κ2) is 9.50. The molecule has 2 N–H and O–H groups in total. The molecule has 6 heteroatoms. The minimum atomic E-state index is 0.230. The molecular formula is C22H35N3O3. The maximum absolute atomic E-state index is 5.92. The van der Waals surface area contributed by atoms with Crippen molar-refractivity contribution in [3.63, 3.8) is 0 Å². The van der Waals surface area contributed by atoms with E-state index in [-0.39, 0.29) is 6.10 Å². The van der Waals surface area contributed by atoms with Crippen LogP contribution in [-0.2, 0) is 17.7 Å². The smallest absolute Gasteiger partial charge is 0.191 e. The van der Waals surface area contributed by atoms with Crippen LogP contribution >= 0.6 is 0 Å². The molecule has 1 heterocycles. The molecule has 1 fully saturated rings. The first kappa shape index (κ1) is 20.8. The van der Waals surface area contributed by atoms with Crippen LogP contribution in [0.25, 0.3) is 0 Å². The number of hydrogen-bond acceptors (Lipinski definition) is 4. The van der Waals surface area contributed by atoms with Crippen LogP contribution < -0.4 is 20.1 Å². The summed E-state index contributed by atoms with van der Waals surface area (Å²) in [4.78, 5) is 4.38. The second-order valence-corrected chi connectivity index (χ2v) is 7.86. The average molecular weight is 390 g/mol. The predicted molar refractivity (Wildman–Crippen MR) is 112 cm³/mol. The van der Waals surface area contributed by atoms with E-state index in [4.69, 9.17) is 14.2 Å². The number of benzene rings is 1. The SMILES string of the molecule is CCOCCC1(CNC(=NC)NCc2cc3c(cc2OCC)CC(C)O3)CC1. The van der Waals surface area contributed by atoms with Crippen molar-refractivity contribution in [3.8, 4) is 11.5 Å². The van der Waals surface area contributed by atoms with Crippen LogP contribution in [0.1, 0.15) is 51.2 Å². The van der Waals surface area contributed by atoms with E-state index in [0.29, 0.717) is 18.6 Å². The van der Waals surface area contributed by atoms with Gasteiger partial charge in [0.25, 0.3) is 0 Å². The number of ether oxygens (including phenoxy) is 3. The van der Waals surface area contributed by atoms with E-state index in [9.17, 15) is 0 Å². The molecule has 0 aromatic heterocycles. The van der Waals surface area contributed by atoms with Crippen molar-refractivity contribution in [2.45, 2.75) is 59.1 Å². The first-order valence-corrected chi connectivity index (χ1v) is 10.6. The Morgan fingerprint density at radius 2 is 2.07 bits per heavy atom. The number of nitrogens with one attached hydrogen (secondary N) is 2. The lowest BCUT2D eigenvalue weighted by atomic mass is 10.0. The topological polar surface area (TPSA) is 64.1 Å². The fraction of sp³-hybridized carbons (Fsp3) is 0.682. The van der Waals surface area contributed by atoms with Gasteiger partial charge in [0.05, 0.1) is 6.61 Å². The summed E-state index contributed by atoms with van der Waals surface area (Å²) in [5, 5.41) is 6.92. The van der Waals surface area contributed by atoms with Gasteiger partial charge in [-0.05, 0) is 57.6 Å². The molecule has 1 atom stereocenters. The second-order valence-electron chi connectivity index (χ2n) is 7.86. The maximum Gasteiger partial charge on any atom is 0.191 e. The largest absolute Gasteiger partial charge is 0.494 e. The van der Waals surface area contributed by atoms with Crippen molar-refractivity contribution in [2.75, 3.05) is 33.4 Å². The van der Waals surface area contributed by atoms with Crippen molar-refractivity contribution in [2.24, 2.45) is 10.4 Å². The van der Waals surface area contributed by atoms with E-state index in [1.807, 2.05) is 20.9 Å². The van der Waals surface area contributed by atoms with Gasteiger partial charge in [-0.2, -0.15) is 0 Å². The molecule has 0 spiro atoms. The van der Waals surface area contributed by atoms with Gasteiger partial charge >= 0.3 is 0 Å². The monoisotopic (exact) mass is 389 g/mol. The summed E-state index contributed by atoms with van der Waals surface area (Å²) in [5.41, 5.74) is 2.70. The Bertz CT molecular complexity index is 686. The molecular weight excluding hydrogens is 354 g/mol. The zero-order valence-corrected chi connectivity index (χ0v) is 17.8. The molecule has 1 unspecified atom stereocenters. The Balaban J connectivity index is 1.56. The molecule has 6 nitrogen and oxygen atoms in total. The highest BCUT2D eigenvalue weighted by atomic mass is 16.5. The zero-order valence-electron chi connectivity index (χ0n) is 17.8. The van der Waals surface area contributed by atoms with Gasteiger partial charge in [-0.25, -0.2) is 0 Å². The number of hydrogen-bond donors (Lipinski definition) is 2. The molecule has 0 bridgehead atoms. The fourth-order valence-electron chi connectivity index (χ4n) is 3.71. The highest BCUT2D eigenvalue weighted by Gasteiger charge is 2.41. The third kappa shape index (κ3) is 5.31. The average Bonchev–Trinajstić information content (AvgIpc) is 3.35. The van der Waals surface area contributed by atoms with Crippen molar-refractivity contribution < 1.29 is 14.2 Å². The van der Waals surface area contributed by atoms with Crippen molar-refractivity contribution in [3.05, 3.63) is 23.3 Å². The van der Waals surface area contributed by atoms with Crippen LogP contribution in [0, 0.1) is 5.41 Å². The van der Waals surface area contributed by atoms with Gasteiger partial charge < -0.3 is 24.8 Å². The van der Waals surface area contributed by atoms with Crippen LogP contribution in [0.5, 0.6) is 11.5 Å². The summed E-state index contributed by atoms with van der Waals surface area (Å²) in [6.45, 7) is 10.0. The van der Waals surface area contributed by atoms with Gasteiger partial charge in [-0.3, -0.25) is 4.99 Å². The Morgan fingerprint density at radius 1 is 1.25 bits per heavy atom. The number of guanidine groups is 1. The lowest BCUT2D eigenvalue weighted by Gasteiger charge is -2.19. The Kier molecular flexibility index (Phi) is 7.05. The third-order valence-electron chi connectivity index (χ3n) is 5.62. The Labute approximate surface area is 169 Å². The van der Waals surface area contributed by atoms with Gasteiger partial charge in [0, 0.05) is 50.9 Å². The minimum Gasteiger partial charge on any atom is -0.494 e. The van der Waals surface area contributed by atoms with E-state index >= 15 is 0 Å². The lowest BCUT2D eigenvalue weighted by Crippen LogP contribution is -2.40. The number of rotatable bonds is 10. The summed E-state index contributed by atoms with van der Waals surface area (Å²) in [5.74, 6) is 2.72. The van der Waals surface area contributed by atoms with Gasteiger partial charge in [-0.15, -0.1) is 0 Å². The van der Waals surface area contributed by atoms with Gasteiger partial charge in [0.1, 0.15) is 17.6 Å². The summed E-state index contributed by atoms with van der Waals surface area (Å²) in [6.07, 6.45) is 4.81. The first-order valence-electron chi connectivity index (χ1n) is 10.6. The molecule has 1 aromatic rings. The Hall–Kier alpha value is -1.95. The summed E-state index contributed by atoms with van der Waals surface area (Å²) < 4.78 is 17.3. The summed E-state index contributed by atoms with van der Waals surface area (Å²) >= 11 is 0. The molecule has 1 saturated carbocycles. The van der Waals surface area contributed by atoms with Crippen molar-refractivity contribution >= 4 is 5.96 Å². The van der Waals surface area contributed by atoms with E-state index in [2.05, 4.69) is 34.7 Å². The van der Waals surface area contributed by atoms with E-state index in [1.165, 1.54) is 18.4 Å². The quantitative estimate of drug-likeness (QED) is 0.365. The van der Waals surface area contributed by atoms with E-state index in [1.54, 1.807) is 0 Å². The molecule has 28 heavy (non-hydrogen) atoms. The highest BCUT2D eigenvalue weighted by molar-refractivity contribution is 5.79. The molecule has 1 aliphatic carbocycles. The summed E-state index contributed by atoms with van der Waals surface area (Å²) in [7, 11) is 1.81. The molecule has 0 saturated heterocycles. The van der Waals surface area contributed by atoms with E-state index in [0.717, 1.165) is 55.6 Å². The summed E-state index contributed by atoms with van der Waals surface area (Å²) in [6, 6.07) is 4.23. The van der Waals surface area contributed by atoms with Gasteiger partial charge in [-0.1, -0.05) is 0 Å². The predicted octanol–water partition coefficient (Wildman–Crippen LogP) is 3.28. The molecule has 3 rings (SSSR count).